The Kier molecular flexibility index (Phi) is 5.81. The minimum absolute atomic E-state index is 0.648. The first-order valence-corrected chi connectivity index (χ1v) is 6.08. The number of hydrogen-bond donors (Lipinski definition) is 0. The van der Waals surface area contributed by atoms with E-state index in [1.807, 2.05) is 0 Å². The lowest BCUT2D eigenvalue weighted by molar-refractivity contribution is -0.0996. The molecule has 0 spiro atoms. The normalized spacial score (nSPS) is 13.2. The van der Waals surface area contributed by atoms with E-state index in [2.05, 4.69) is 0 Å². The summed E-state index contributed by atoms with van der Waals surface area (Å²) in [6, 6.07) is 8.48. The van der Waals surface area contributed by atoms with Gasteiger partial charge in [0.05, 0.1) is 0 Å². The summed E-state index contributed by atoms with van der Waals surface area (Å²) in [6.45, 7) is 0. The molecule has 0 fully saturated rings. The molecule has 7 heteroatoms. The summed E-state index contributed by atoms with van der Waals surface area (Å²) in [4.78, 5) is 0.648. The van der Waals surface area contributed by atoms with E-state index in [1.165, 1.54) is 7.11 Å². The number of benzene rings is 1. The van der Waals surface area contributed by atoms with E-state index in [-0.39, 0.29) is 0 Å². The highest BCUT2D eigenvalue weighted by molar-refractivity contribution is 7.99. The van der Waals surface area contributed by atoms with Crippen molar-refractivity contribution in [3.8, 4) is 0 Å². The van der Waals surface area contributed by atoms with E-state index in [0.717, 1.165) is 11.8 Å². The summed E-state index contributed by atoms with van der Waals surface area (Å²) >= 11 is 0.961. The molecule has 1 rings (SSSR count). The highest BCUT2D eigenvalue weighted by Gasteiger charge is 2.39. The average molecular weight is 298 g/mol. The van der Waals surface area contributed by atoms with Crippen LogP contribution in [0.4, 0.5) is 22.0 Å². The van der Waals surface area contributed by atoms with Crippen LogP contribution in [0.25, 0.3) is 0 Å². The lowest BCUT2D eigenvalue weighted by Gasteiger charge is -2.18. The van der Waals surface area contributed by atoms with Gasteiger partial charge in [0, 0.05) is 18.4 Å². The molecule has 0 bridgehead atoms. The molecule has 1 aromatic rings. The van der Waals surface area contributed by atoms with E-state index in [1.54, 1.807) is 30.3 Å². The Labute approximate surface area is 111 Å². The van der Waals surface area contributed by atoms with Crippen molar-refractivity contribution in [1.29, 1.82) is 0 Å². The molecule has 0 aliphatic rings. The fourth-order valence-electron chi connectivity index (χ4n) is 1.29. The Morgan fingerprint density at radius 1 is 1.21 bits per heavy atom. The zero-order chi connectivity index (χ0) is 14.5. The first-order valence-electron chi connectivity index (χ1n) is 5.20. The van der Waals surface area contributed by atoms with Gasteiger partial charge in [-0.25, -0.2) is 0 Å². The molecule has 19 heavy (non-hydrogen) atoms. The van der Waals surface area contributed by atoms with E-state index < -0.39 is 29.7 Å². The molecule has 1 atom stereocenters. The number of rotatable bonds is 5. The molecule has 0 N–H and O–H groups in total. The van der Waals surface area contributed by atoms with Gasteiger partial charge in [0.1, 0.15) is 11.0 Å². The highest BCUT2D eigenvalue weighted by Crippen LogP contribution is 2.37. The molecule has 0 amide bonds. The van der Waals surface area contributed by atoms with E-state index >= 15 is 0 Å². The van der Waals surface area contributed by atoms with Crippen molar-refractivity contribution < 1.29 is 26.7 Å². The van der Waals surface area contributed by atoms with Gasteiger partial charge in [-0.05, 0) is 12.1 Å². The van der Waals surface area contributed by atoms with Gasteiger partial charge >= 0.3 is 6.18 Å². The number of hydrogen-bond acceptors (Lipinski definition) is 2. The first kappa shape index (κ1) is 16.0. The summed E-state index contributed by atoms with van der Waals surface area (Å²) in [5.74, 6) is 0. The molecular formula is C12H11F5OS. The highest BCUT2D eigenvalue weighted by atomic mass is 32.2. The minimum atomic E-state index is -5.05. The number of ether oxygens (including phenoxy) is 1. The van der Waals surface area contributed by atoms with Gasteiger partial charge in [0.2, 0.25) is 0 Å². The van der Waals surface area contributed by atoms with Crippen LogP contribution < -0.4 is 0 Å². The van der Waals surface area contributed by atoms with Crippen LogP contribution in [0.15, 0.2) is 46.9 Å². The largest absolute Gasteiger partial charge is 0.417 e. The monoisotopic (exact) mass is 298 g/mol. The van der Waals surface area contributed by atoms with Crippen LogP contribution in [-0.4, -0.2) is 18.7 Å². The van der Waals surface area contributed by atoms with Crippen LogP contribution in [0, 0.1) is 0 Å². The van der Waals surface area contributed by atoms with Crippen molar-refractivity contribution in [3.63, 3.8) is 0 Å². The van der Waals surface area contributed by atoms with E-state index in [4.69, 9.17) is 4.74 Å². The maximum Gasteiger partial charge on any atom is 0.417 e. The third-order valence-corrected chi connectivity index (χ3v) is 3.38. The second-order valence-electron chi connectivity index (χ2n) is 3.54. The van der Waals surface area contributed by atoms with Crippen molar-refractivity contribution in [1.82, 2.24) is 0 Å². The van der Waals surface area contributed by atoms with Gasteiger partial charge in [-0.2, -0.15) is 22.0 Å². The fourth-order valence-corrected chi connectivity index (χ4v) is 2.25. The van der Waals surface area contributed by atoms with Crippen LogP contribution >= 0.6 is 11.8 Å². The Bertz CT molecular complexity index is 425. The van der Waals surface area contributed by atoms with Crippen molar-refractivity contribution in [2.24, 2.45) is 0 Å². The molecule has 1 aromatic carbocycles. The molecule has 106 valence electrons. The topological polar surface area (TPSA) is 9.23 Å². The maximum atomic E-state index is 12.4. The first-order chi connectivity index (χ1) is 8.84. The lowest BCUT2D eigenvalue weighted by atomic mass is 10.2. The third-order valence-electron chi connectivity index (χ3n) is 2.21. The number of thioether (sulfide) groups is 1. The Morgan fingerprint density at radius 3 is 2.21 bits per heavy atom. The summed E-state index contributed by atoms with van der Waals surface area (Å²) in [7, 11) is 1.19. The molecule has 0 aromatic heterocycles. The maximum absolute atomic E-state index is 12.4. The van der Waals surface area contributed by atoms with Gasteiger partial charge in [-0.15, -0.1) is 0 Å². The number of halogens is 5. The number of methoxy groups -OCH3 is 1. The quantitative estimate of drug-likeness (QED) is 0.436. The molecular weight excluding hydrogens is 287 g/mol. The molecule has 0 aliphatic carbocycles. The molecule has 0 heterocycles. The van der Waals surface area contributed by atoms with Crippen LogP contribution in [0.5, 0.6) is 0 Å². The summed E-state index contributed by atoms with van der Waals surface area (Å²) < 4.78 is 66.7. The molecule has 0 saturated carbocycles. The van der Waals surface area contributed by atoms with Crippen molar-refractivity contribution in [2.75, 3.05) is 7.11 Å². The predicted molar refractivity (Wildman–Crippen MR) is 63.0 cm³/mol. The van der Waals surface area contributed by atoms with Crippen molar-refractivity contribution in [3.05, 3.63) is 42.0 Å². The third kappa shape index (κ3) is 5.20. The molecule has 0 radical (unpaired) electrons. The summed E-state index contributed by atoms with van der Waals surface area (Å²) in [5.41, 5.74) is -2.87. The zero-order valence-corrected chi connectivity index (χ0v) is 10.7. The number of alkyl halides is 3. The van der Waals surface area contributed by atoms with Gasteiger partial charge in [-0.1, -0.05) is 30.0 Å². The minimum Gasteiger partial charge on any atom is -0.370 e. The molecule has 0 saturated heterocycles. The van der Waals surface area contributed by atoms with Crippen LogP contribution in [-0.2, 0) is 4.74 Å². The predicted octanol–water partition coefficient (Wildman–Crippen LogP) is 4.85. The lowest BCUT2D eigenvalue weighted by Crippen LogP contribution is -2.18. The second-order valence-corrected chi connectivity index (χ2v) is 4.77. The van der Waals surface area contributed by atoms with E-state index in [9.17, 15) is 22.0 Å². The van der Waals surface area contributed by atoms with Gasteiger partial charge in [-0.3, -0.25) is 0 Å². The van der Waals surface area contributed by atoms with Crippen molar-refractivity contribution in [2.45, 2.75) is 22.9 Å². The van der Waals surface area contributed by atoms with Gasteiger partial charge in [0.25, 0.3) is 6.08 Å². The fraction of sp³-hybridized carbons (Fsp3) is 0.333. The van der Waals surface area contributed by atoms with Crippen molar-refractivity contribution >= 4 is 11.8 Å². The summed E-state index contributed by atoms with van der Waals surface area (Å²) in [6.07, 6.45) is -8.67. The molecule has 1 unspecified atom stereocenters. The summed E-state index contributed by atoms with van der Waals surface area (Å²) in [5, 5.41) is 0. The Morgan fingerprint density at radius 2 is 1.79 bits per heavy atom. The van der Waals surface area contributed by atoms with Gasteiger partial charge < -0.3 is 4.74 Å². The van der Waals surface area contributed by atoms with E-state index in [0.29, 0.717) is 4.90 Å². The average Bonchev–Trinajstić information content (AvgIpc) is 2.33. The smallest absolute Gasteiger partial charge is 0.370 e. The second kappa shape index (κ2) is 6.91. The standard InChI is InChI=1S/C12H11F5OS/c1-18-10(19-8-5-3-2-4-6-8)7-9(11(13)14)12(15,16)17/h2-6,10H,7H2,1H3. The van der Waals surface area contributed by atoms with Crippen LogP contribution in [0.1, 0.15) is 6.42 Å². The zero-order valence-electron chi connectivity index (χ0n) is 9.88. The Balaban J connectivity index is 2.79. The SMILES string of the molecule is COC(CC(=C(F)F)C(F)(F)F)Sc1ccccc1. The van der Waals surface area contributed by atoms with Crippen LogP contribution in [0.2, 0.25) is 0 Å². The molecule has 1 nitrogen and oxygen atoms in total. The van der Waals surface area contributed by atoms with Gasteiger partial charge in [0.15, 0.2) is 0 Å². The Hall–Kier alpha value is -1.08. The van der Waals surface area contributed by atoms with Crippen LogP contribution in [0.3, 0.4) is 0 Å². The molecule has 0 aliphatic heterocycles.